The molecule has 0 spiro atoms. The van der Waals surface area contributed by atoms with Crippen molar-refractivity contribution >= 4 is 92.9 Å². The summed E-state index contributed by atoms with van der Waals surface area (Å²) in [6.45, 7) is 0. The third-order valence-electron chi connectivity index (χ3n) is 5.41. The maximum Gasteiger partial charge on any atom is 0.197 e. The van der Waals surface area contributed by atoms with Gasteiger partial charge in [0, 0.05) is 53.6 Å². The number of hydrogen-bond acceptors (Lipinski definition) is 4. The van der Waals surface area contributed by atoms with Crippen molar-refractivity contribution in [2.24, 2.45) is 0 Å². The summed E-state index contributed by atoms with van der Waals surface area (Å²) in [6.07, 6.45) is 1.09. The maximum absolute atomic E-state index is 5.99. The number of thioether (sulfide) groups is 2. The first-order valence-corrected chi connectivity index (χ1v) is 17.3. The average molecular weight is 934 g/mol. The van der Waals surface area contributed by atoms with E-state index in [-0.39, 0.29) is 42.1 Å². The van der Waals surface area contributed by atoms with E-state index in [2.05, 4.69) is 121 Å². The van der Waals surface area contributed by atoms with Crippen LogP contribution in [-0.4, -0.2) is 19.4 Å². The van der Waals surface area contributed by atoms with Crippen molar-refractivity contribution in [1.29, 1.82) is 0 Å². The Hall–Kier alpha value is -0.00338. The molecule has 0 amide bonds. The molecule has 0 unspecified atom stereocenters. The Labute approximate surface area is 271 Å². The summed E-state index contributed by atoms with van der Waals surface area (Å²) in [5.41, 5.74) is 0. The summed E-state index contributed by atoms with van der Waals surface area (Å²) in [7, 11) is -2.20. The van der Waals surface area contributed by atoms with Gasteiger partial charge in [-0.15, -0.1) is 0 Å². The van der Waals surface area contributed by atoms with E-state index < -0.39 is 15.8 Å². The molecule has 0 bridgehead atoms. The Morgan fingerprint density at radius 2 is 0.703 bits per heavy atom. The Bertz CT molecular complexity index is 1040. The first-order valence-electron chi connectivity index (χ1n) is 11.5. The van der Waals surface area contributed by atoms with E-state index in [1.807, 2.05) is 23.5 Å². The smallest absolute Gasteiger partial charge is 0.0760 e. The average Bonchev–Trinajstić information content (AvgIpc) is 2.91. The van der Waals surface area contributed by atoms with Gasteiger partial charge in [0.1, 0.15) is 37.1 Å². The molecule has 0 radical (unpaired) electrons. The minimum atomic E-state index is -1.10. The number of hydrogen-bond donors (Lipinski definition) is 0. The van der Waals surface area contributed by atoms with Crippen LogP contribution in [0.15, 0.2) is 121 Å². The third kappa shape index (κ3) is 10.2. The van der Waals surface area contributed by atoms with E-state index in [9.17, 15) is 0 Å². The van der Waals surface area contributed by atoms with Crippen molar-refractivity contribution < 1.29 is 42.1 Å². The molecular formula is C29H28P2S4W2+2. The maximum atomic E-state index is 5.99. The van der Waals surface area contributed by atoms with Crippen molar-refractivity contribution in [3.8, 4) is 0 Å². The number of rotatable bonds is 10. The SMILES string of the molecule is S=C(SCCCSC(=S)[PH+](c1ccccc1)c1ccccc1)[PH+](c1ccccc1)c1ccccc1.[W].[W]. The summed E-state index contributed by atoms with van der Waals surface area (Å²) in [5, 5.41) is 5.42. The van der Waals surface area contributed by atoms with Crippen LogP contribution in [0.25, 0.3) is 0 Å². The van der Waals surface area contributed by atoms with Gasteiger partial charge in [-0.1, -0.05) is 96.3 Å². The summed E-state index contributed by atoms with van der Waals surface area (Å²) < 4.78 is 2.27. The fourth-order valence-corrected chi connectivity index (χ4v) is 13.7. The van der Waals surface area contributed by atoms with E-state index in [1.165, 1.54) is 21.2 Å². The van der Waals surface area contributed by atoms with Crippen LogP contribution in [0.1, 0.15) is 6.42 Å². The molecule has 4 aromatic carbocycles. The van der Waals surface area contributed by atoms with Crippen LogP contribution in [0.3, 0.4) is 0 Å². The van der Waals surface area contributed by atoms with Crippen LogP contribution >= 0.6 is 63.8 Å². The molecule has 4 aromatic rings. The monoisotopic (exact) mass is 934 g/mol. The zero-order valence-electron chi connectivity index (χ0n) is 20.1. The minimum absolute atomic E-state index is 0. The Balaban J connectivity index is 0.00000241. The van der Waals surface area contributed by atoms with Gasteiger partial charge in [0.15, 0.2) is 7.88 Å². The van der Waals surface area contributed by atoms with Gasteiger partial charge in [-0.05, 0) is 79.4 Å². The third-order valence-corrected chi connectivity index (χ3v) is 15.4. The van der Waals surface area contributed by atoms with Gasteiger partial charge in [-0.2, -0.15) is 0 Å². The van der Waals surface area contributed by atoms with Crippen LogP contribution in [0.4, 0.5) is 0 Å². The van der Waals surface area contributed by atoms with Crippen molar-refractivity contribution in [2.75, 3.05) is 11.5 Å². The van der Waals surface area contributed by atoms with Gasteiger partial charge in [-0.3, -0.25) is 0 Å². The summed E-state index contributed by atoms with van der Waals surface area (Å²) in [4.78, 5) is 0. The second kappa shape index (κ2) is 18.4. The molecule has 0 fully saturated rings. The van der Waals surface area contributed by atoms with Crippen molar-refractivity contribution in [2.45, 2.75) is 6.42 Å². The molecule has 0 saturated carbocycles. The summed E-state index contributed by atoms with van der Waals surface area (Å²) >= 11 is 15.7. The standard InChI is InChI=1S/C29H26P2S4.2W/c32-28(30(24-14-5-1-6-15-24)25-16-7-2-8-17-25)34-22-13-23-35-29(33)31(26-18-9-3-10-19-26)27-20-11-4-12-21-27;;/h1-12,14-21H,13,22-23H2;;/p+2. The zero-order valence-corrected chi connectivity index (χ0v) is 31.3. The number of benzene rings is 4. The normalized spacial score (nSPS) is 10.4. The van der Waals surface area contributed by atoms with Gasteiger partial charge in [0.2, 0.25) is 0 Å². The van der Waals surface area contributed by atoms with Crippen LogP contribution in [0, 0.1) is 0 Å². The molecule has 188 valence electrons. The predicted molar refractivity (Wildman–Crippen MR) is 176 cm³/mol. The molecular weight excluding hydrogens is 906 g/mol. The molecule has 0 atom stereocenters. The van der Waals surface area contributed by atoms with Crippen LogP contribution < -0.4 is 21.2 Å². The van der Waals surface area contributed by atoms with Crippen molar-refractivity contribution in [1.82, 2.24) is 0 Å². The Morgan fingerprint density at radius 3 is 0.946 bits per heavy atom. The molecule has 0 nitrogen and oxygen atoms in total. The second-order valence-corrected chi connectivity index (χ2v) is 17.6. The molecule has 37 heavy (non-hydrogen) atoms. The summed E-state index contributed by atoms with van der Waals surface area (Å²) in [6, 6.07) is 43.0. The molecule has 0 aliphatic heterocycles. The molecule has 0 N–H and O–H groups in total. The van der Waals surface area contributed by atoms with Crippen LogP contribution in [0.5, 0.6) is 0 Å². The van der Waals surface area contributed by atoms with E-state index >= 15 is 0 Å². The molecule has 8 heteroatoms. The Morgan fingerprint density at radius 1 is 0.459 bits per heavy atom. The predicted octanol–water partition coefficient (Wildman–Crippen LogP) is 7.14. The molecule has 4 rings (SSSR count). The molecule has 0 saturated heterocycles. The minimum Gasteiger partial charge on any atom is -0.0760 e. The second-order valence-electron chi connectivity index (χ2n) is 7.84. The van der Waals surface area contributed by atoms with E-state index in [0.717, 1.165) is 25.8 Å². The quantitative estimate of drug-likeness (QED) is 0.0944. The van der Waals surface area contributed by atoms with Gasteiger partial charge in [0.25, 0.3) is 0 Å². The molecule has 0 aromatic heterocycles. The van der Waals surface area contributed by atoms with Crippen molar-refractivity contribution in [3.63, 3.8) is 0 Å². The molecule has 0 aliphatic rings. The van der Waals surface area contributed by atoms with Gasteiger partial charge >= 0.3 is 0 Å². The van der Waals surface area contributed by atoms with E-state index in [0.29, 0.717) is 0 Å². The van der Waals surface area contributed by atoms with Gasteiger partial charge < -0.3 is 0 Å². The zero-order chi connectivity index (χ0) is 24.3. The number of thiocarbonyl (C=S) groups is 2. The Kier molecular flexibility index (Phi) is 16.5. The molecule has 0 aliphatic carbocycles. The van der Waals surface area contributed by atoms with E-state index in [4.69, 9.17) is 24.4 Å². The van der Waals surface area contributed by atoms with E-state index in [1.54, 1.807) is 0 Å². The fraction of sp³-hybridized carbons (Fsp3) is 0.103. The molecule has 0 heterocycles. The fourth-order valence-electron chi connectivity index (χ4n) is 3.76. The topological polar surface area (TPSA) is 0 Å². The first kappa shape index (κ1) is 33.2. The van der Waals surface area contributed by atoms with Crippen LogP contribution in [-0.2, 0) is 42.1 Å². The van der Waals surface area contributed by atoms with Crippen LogP contribution in [0.2, 0.25) is 0 Å². The first-order chi connectivity index (χ1) is 17.2. The summed E-state index contributed by atoms with van der Waals surface area (Å²) in [5.74, 6) is 2.06. The van der Waals surface area contributed by atoms with Gasteiger partial charge in [-0.25, -0.2) is 0 Å². The van der Waals surface area contributed by atoms with Crippen molar-refractivity contribution in [3.05, 3.63) is 121 Å². The largest absolute Gasteiger partial charge is 0.197 e. The van der Waals surface area contributed by atoms with Gasteiger partial charge in [0.05, 0.1) is 0 Å².